The number of amides is 2. The van der Waals surface area contributed by atoms with Gasteiger partial charge in [0.05, 0.1) is 22.1 Å². The van der Waals surface area contributed by atoms with Crippen LogP contribution in [-0.4, -0.2) is 49.4 Å². The monoisotopic (exact) mass is 629 g/mol. The van der Waals surface area contributed by atoms with E-state index in [1.165, 1.54) is 0 Å². The van der Waals surface area contributed by atoms with Gasteiger partial charge >= 0.3 is 0 Å². The van der Waals surface area contributed by atoms with Gasteiger partial charge in [0, 0.05) is 56.2 Å². The molecule has 0 aliphatic carbocycles. The molecule has 1 aliphatic heterocycles. The molecule has 4 aromatic rings. The van der Waals surface area contributed by atoms with Gasteiger partial charge in [-0.1, -0.05) is 63.1 Å². The van der Waals surface area contributed by atoms with Crippen molar-refractivity contribution >= 4 is 34.8 Å². The van der Waals surface area contributed by atoms with Gasteiger partial charge in [-0.2, -0.15) is 0 Å². The van der Waals surface area contributed by atoms with E-state index in [0.717, 1.165) is 84.7 Å². The Morgan fingerprint density at radius 3 is 2.24 bits per heavy atom. The van der Waals surface area contributed by atoms with Gasteiger partial charge in [0.2, 0.25) is 0 Å². The molecule has 2 aromatic heterocycles. The number of benzene rings is 2. The third-order valence-electron chi connectivity index (χ3n) is 8.71. The number of carbonyl (C=O) groups is 2. The molecule has 1 aliphatic rings. The second-order valence-corrected chi connectivity index (χ2v) is 12.9. The first-order valence-corrected chi connectivity index (χ1v) is 16.2. The molecular weight excluding hydrogens is 586 g/mol. The number of nitrogens with one attached hydrogen (secondary N) is 2. The molecule has 0 bridgehead atoms. The maximum absolute atomic E-state index is 13.5. The number of hydrogen-bond donors (Lipinski definition) is 2. The fourth-order valence-electron chi connectivity index (χ4n) is 6.08. The number of nitrogens with zero attached hydrogens (tertiary/aromatic N) is 5. The first kappa shape index (κ1) is 32.4. The minimum absolute atomic E-state index is 0.257. The van der Waals surface area contributed by atoms with Gasteiger partial charge in [0.1, 0.15) is 0 Å². The normalized spacial score (nSPS) is 13.3. The zero-order chi connectivity index (χ0) is 32.4. The van der Waals surface area contributed by atoms with Crippen LogP contribution in [0.1, 0.15) is 83.2 Å². The highest BCUT2D eigenvalue weighted by molar-refractivity contribution is 6.36. The number of fused-ring (bicyclic) bond motifs is 1. The van der Waals surface area contributed by atoms with E-state index in [0.29, 0.717) is 34.0 Å². The zero-order valence-electron chi connectivity index (χ0n) is 27.4. The van der Waals surface area contributed by atoms with Crippen molar-refractivity contribution < 1.29 is 9.59 Å². The average Bonchev–Trinajstić information content (AvgIpc) is 3.50. The zero-order valence-corrected chi connectivity index (χ0v) is 28.2. The minimum atomic E-state index is -0.300. The van der Waals surface area contributed by atoms with Gasteiger partial charge in [0.15, 0.2) is 11.6 Å². The summed E-state index contributed by atoms with van der Waals surface area (Å²) in [6, 6.07) is 11.3. The molecule has 0 atom stereocenters. The fraction of sp³-hybridized carbons (Fsp3) is 0.429. The number of rotatable bonds is 10. The van der Waals surface area contributed by atoms with Crippen molar-refractivity contribution in [2.24, 2.45) is 20.0 Å². The third-order valence-corrected chi connectivity index (χ3v) is 9.12. The molecule has 5 rings (SSSR count). The first-order chi connectivity index (χ1) is 21.5. The largest absolute Gasteiger partial charge is 0.327 e. The first-order valence-electron chi connectivity index (χ1n) is 15.8. The fourth-order valence-corrected chi connectivity index (χ4v) is 6.36. The summed E-state index contributed by atoms with van der Waals surface area (Å²) >= 11 is 6.96. The highest BCUT2D eigenvalue weighted by Gasteiger charge is 2.25. The van der Waals surface area contributed by atoms with Crippen molar-refractivity contribution in [1.29, 1.82) is 0 Å². The third kappa shape index (κ3) is 6.70. The van der Waals surface area contributed by atoms with Crippen LogP contribution in [0.2, 0.25) is 5.02 Å². The number of halogens is 1. The Kier molecular flexibility index (Phi) is 9.79. The Hall–Kier alpha value is -3.95. The van der Waals surface area contributed by atoms with Gasteiger partial charge < -0.3 is 24.7 Å². The SMILES string of the molecule is CCCc1c(CCC(C)C)nc(C(=O)Nc2cccc(-c3cccc(NC(=O)c4nc5c(n4C)CCN(C)C5)c3C)c2Cl)n1C. The molecule has 10 heteroatoms. The lowest BCUT2D eigenvalue weighted by molar-refractivity contribution is 0.100. The van der Waals surface area contributed by atoms with E-state index in [9.17, 15) is 9.59 Å². The molecule has 2 N–H and O–H groups in total. The summed E-state index contributed by atoms with van der Waals surface area (Å²) in [6.45, 7) is 10.2. The summed E-state index contributed by atoms with van der Waals surface area (Å²) in [5.41, 5.74) is 7.79. The predicted octanol–water partition coefficient (Wildman–Crippen LogP) is 6.82. The van der Waals surface area contributed by atoms with Crippen LogP contribution in [0.3, 0.4) is 0 Å². The summed E-state index contributed by atoms with van der Waals surface area (Å²) in [5.74, 6) is 0.769. The molecule has 0 fully saturated rings. The van der Waals surface area contributed by atoms with Gasteiger partial charge in [-0.15, -0.1) is 0 Å². The molecular formula is C35H44ClN7O2. The van der Waals surface area contributed by atoms with E-state index in [1.54, 1.807) is 6.07 Å². The quantitative estimate of drug-likeness (QED) is 0.201. The smallest absolute Gasteiger partial charge is 0.291 e. The summed E-state index contributed by atoms with van der Waals surface area (Å²) in [4.78, 5) is 38.6. The Morgan fingerprint density at radius 1 is 0.911 bits per heavy atom. The molecule has 2 amide bonds. The van der Waals surface area contributed by atoms with Crippen molar-refractivity contribution in [1.82, 2.24) is 24.0 Å². The molecule has 45 heavy (non-hydrogen) atoms. The highest BCUT2D eigenvalue weighted by Crippen LogP contribution is 2.37. The standard InChI is InChI=1S/C35H44ClN7O2/c1-8-11-29-26(17-16-21(2)3)37-32(42(29)6)35(45)40-27-15-10-13-24(31(27)36)23-12-9-14-25(22(23)4)39-34(44)33-38-28-20-41(5)19-18-30(28)43(33)7/h9-10,12-15,21H,8,11,16-20H2,1-7H3,(H,39,44)(H,40,45). The van der Waals surface area contributed by atoms with Crippen LogP contribution in [0, 0.1) is 12.8 Å². The predicted molar refractivity (Wildman–Crippen MR) is 181 cm³/mol. The number of aromatic nitrogens is 4. The number of hydrogen-bond acceptors (Lipinski definition) is 5. The number of likely N-dealkylation sites (N-methyl/N-ethyl adjacent to an activating group) is 1. The second kappa shape index (κ2) is 13.6. The summed E-state index contributed by atoms with van der Waals surface area (Å²) in [5, 5.41) is 6.49. The van der Waals surface area contributed by atoms with Crippen LogP contribution in [0.5, 0.6) is 0 Å². The second-order valence-electron chi connectivity index (χ2n) is 12.5. The number of anilines is 2. The number of carbonyl (C=O) groups excluding carboxylic acids is 2. The van der Waals surface area contributed by atoms with Crippen LogP contribution >= 0.6 is 11.6 Å². The van der Waals surface area contributed by atoms with Crippen LogP contribution < -0.4 is 10.6 Å². The molecule has 9 nitrogen and oxygen atoms in total. The topological polar surface area (TPSA) is 97.1 Å². The Morgan fingerprint density at radius 2 is 1.56 bits per heavy atom. The summed E-state index contributed by atoms with van der Waals surface area (Å²) in [6.07, 6.45) is 4.57. The van der Waals surface area contributed by atoms with Crippen LogP contribution in [-0.2, 0) is 39.9 Å². The maximum atomic E-state index is 13.5. The van der Waals surface area contributed by atoms with Gasteiger partial charge in [-0.25, -0.2) is 9.97 Å². The molecule has 0 spiro atoms. The lowest BCUT2D eigenvalue weighted by atomic mass is 9.98. The van der Waals surface area contributed by atoms with E-state index in [2.05, 4.69) is 48.3 Å². The minimum Gasteiger partial charge on any atom is -0.327 e. The number of imidazole rings is 2. The maximum Gasteiger partial charge on any atom is 0.291 e. The molecule has 0 saturated carbocycles. The van der Waals surface area contributed by atoms with Crippen molar-refractivity contribution in [3.05, 3.63) is 81.4 Å². The molecule has 238 valence electrons. The van der Waals surface area contributed by atoms with Crippen molar-refractivity contribution in [2.45, 2.75) is 66.3 Å². The van der Waals surface area contributed by atoms with Gasteiger partial charge in [-0.05, 0) is 62.4 Å². The van der Waals surface area contributed by atoms with E-state index in [-0.39, 0.29) is 11.8 Å². The van der Waals surface area contributed by atoms with Crippen LogP contribution in [0.25, 0.3) is 11.1 Å². The van der Waals surface area contributed by atoms with Crippen molar-refractivity contribution in [2.75, 3.05) is 24.2 Å². The Bertz CT molecular complexity index is 1740. The van der Waals surface area contributed by atoms with E-state index in [4.69, 9.17) is 16.6 Å². The van der Waals surface area contributed by atoms with E-state index in [1.807, 2.05) is 60.5 Å². The summed E-state index contributed by atoms with van der Waals surface area (Å²) < 4.78 is 3.82. The molecule has 0 saturated heterocycles. The lowest BCUT2D eigenvalue weighted by Gasteiger charge is -2.21. The lowest BCUT2D eigenvalue weighted by Crippen LogP contribution is -2.27. The molecule has 0 unspecified atom stereocenters. The molecule has 0 radical (unpaired) electrons. The van der Waals surface area contributed by atoms with E-state index < -0.39 is 0 Å². The van der Waals surface area contributed by atoms with Crippen LogP contribution in [0.4, 0.5) is 11.4 Å². The molecule has 2 aromatic carbocycles. The summed E-state index contributed by atoms with van der Waals surface area (Å²) in [7, 11) is 5.87. The average molecular weight is 630 g/mol. The van der Waals surface area contributed by atoms with Gasteiger partial charge in [-0.3, -0.25) is 9.59 Å². The van der Waals surface area contributed by atoms with E-state index >= 15 is 0 Å². The van der Waals surface area contributed by atoms with Crippen LogP contribution in [0.15, 0.2) is 36.4 Å². The molecule has 3 heterocycles. The van der Waals surface area contributed by atoms with Gasteiger partial charge in [0.25, 0.3) is 11.8 Å². The highest BCUT2D eigenvalue weighted by atomic mass is 35.5. The Labute approximate surface area is 271 Å². The van der Waals surface area contributed by atoms with Crippen molar-refractivity contribution in [3.8, 4) is 11.1 Å². The number of aryl methyl sites for hydroxylation is 1. The Balaban J connectivity index is 1.39. The van der Waals surface area contributed by atoms with Crippen molar-refractivity contribution in [3.63, 3.8) is 0 Å².